The third-order valence-corrected chi connectivity index (χ3v) is 4.14. The van der Waals surface area contributed by atoms with E-state index in [9.17, 15) is 18.0 Å². The minimum absolute atomic E-state index is 0.0674. The summed E-state index contributed by atoms with van der Waals surface area (Å²) in [4.78, 5) is 11.8. The van der Waals surface area contributed by atoms with E-state index in [0.717, 1.165) is 29.5 Å². The van der Waals surface area contributed by atoms with Crippen LogP contribution in [0.1, 0.15) is 28.2 Å². The molecule has 0 heterocycles. The maximum atomic E-state index is 12.9. The van der Waals surface area contributed by atoms with Gasteiger partial charge in [0.05, 0.1) is 5.92 Å². The number of hydrogen-bond acceptors (Lipinski definition) is 1. The molecule has 0 aromatic heterocycles. The van der Waals surface area contributed by atoms with Crippen molar-refractivity contribution in [2.45, 2.75) is 31.4 Å². The van der Waals surface area contributed by atoms with Crippen LogP contribution in [0.4, 0.5) is 13.2 Å². The van der Waals surface area contributed by atoms with Crippen molar-refractivity contribution in [1.29, 1.82) is 0 Å². The van der Waals surface area contributed by atoms with E-state index in [0.29, 0.717) is 5.56 Å². The minimum Gasteiger partial charge on any atom is -0.289 e. The van der Waals surface area contributed by atoms with Crippen molar-refractivity contribution in [2.75, 3.05) is 0 Å². The maximum Gasteiger partial charge on any atom is 0.450 e. The van der Waals surface area contributed by atoms with Gasteiger partial charge >= 0.3 is 6.18 Å². The number of aryl methyl sites for hydroxylation is 2. The first-order valence-electron chi connectivity index (χ1n) is 7.21. The highest BCUT2D eigenvalue weighted by Crippen LogP contribution is 2.31. The van der Waals surface area contributed by atoms with Gasteiger partial charge in [-0.1, -0.05) is 48.5 Å². The van der Waals surface area contributed by atoms with Crippen LogP contribution in [0, 0.1) is 0 Å². The standard InChI is InChI=1S/C18H15F3O/c19-18(20,21)17(22)16-11-14-5-3-12(4-6-14)1-2-13-7-9-15(16)10-8-13/h3-10,16H,1-2,11H2. The van der Waals surface area contributed by atoms with Gasteiger partial charge in [-0.2, -0.15) is 13.2 Å². The number of hydrogen-bond donors (Lipinski definition) is 0. The van der Waals surface area contributed by atoms with Crippen LogP contribution in [-0.2, 0) is 24.1 Å². The molecule has 1 nitrogen and oxygen atoms in total. The third kappa shape index (κ3) is 3.06. The van der Waals surface area contributed by atoms with Crippen molar-refractivity contribution >= 4 is 5.78 Å². The van der Waals surface area contributed by atoms with Gasteiger partial charge in [0, 0.05) is 0 Å². The molecule has 114 valence electrons. The Hall–Kier alpha value is -2.10. The van der Waals surface area contributed by atoms with Crippen molar-refractivity contribution in [3.05, 3.63) is 70.8 Å². The summed E-state index contributed by atoms with van der Waals surface area (Å²) >= 11 is 0. The molecular formula is C18H15F3O. The average Bonchev–Trinajstić information content (AvgIpc) is 2.49. The monoisotopic (exact) mass is 304 g/mol. The Kier molecular flexibility index (Phi) is 3.77. The Morgan fingerprint density at radius 3 is 1.77 bits per heavy atom. The fourth-order valence-electron chi connectivity index (χ4n) is 2.84. The predicted molar refractivity (Wildman–Crippen MR) is 77.8 cm³/mol. The Balaban J connectivity index is 2.05. The fourth-order valence-corrected chi connectivity index (χ4v) is 2.84. The van der Waals surface area contributed by atoms with Crippen LogP contribution < -0.4 is 0 Å². The van der Waals surface area contributed by atoms with E-state index in [-0.39, 0.29) is 6.42 Å². The first-order valence-corrected chi connectivity index (χ1v) is 7.21. The molecule has 4 bridgehead atoms. The number of benzene rings is 2. The number of rotatable bonds is 1. The second-order valence-electron chi connectivity index (χ2n) is 5.68. The number of carbonyl (C=O) groups is 1. The zero-order chi connectivity index (χ0) is 15.7. The van der Waals surface area contributed by atoms with E-state index < -0.39 is 17.9 Å². The van der Waals surface area contributed by atoms with E-state index in [1.54, 1.807) is 12.1 Å². The van der Waals surface area contributed by atoms with Gasteiger partial charge in [-0.3, -0.25) is 4.79 Å². The molecule has 0 spiro atoms. The van der Waals surface area contributed by atoms with Crippen LogP contribution in [-0.4, -0.2) is 12.0 Å². The zero-order valence-electron chi connectivity index (χ0n) is 11.9. The molecule has 0 saturated heterocycles. The molecule has 2 aromatic rings. The molecule has 0 radical (unpaired) electrons. The summed E-state index contributed by atoms with van der Waals surface area (Å²) in [5.41, 5.74) is 3.38. The van der Waals surface area contributed by atoms with Crippen LogP contribution in [0.5, 0.6) is 0 Å². The second kappa shape index (κ2) is 5.59. The van der Waals surface area contributed by atoms with Gasteiger partial charge in [-0.05, 0) is 41.5 Å². The Bertz CT molecular complexity index is 669. The summed E-state index contributed by atoms with van der Waals surface area (Å²) in [5.74, 6) is -2.86. The van der Waals surface area contributed by atoms with Gasteiger partial charge in [0.1, 0.15) is 0 Å². The molecule has 22 heavy (non-hydrogen) atoms. The molecule has 2 aromatic carbocycles. The molecule has 6 rings (SSSR count). The minimum atomic E-state index is -4.82. The maximum absolute atomic E-state index is 12.9. The van der Waals surface area contributed by atoms with Crippen molar-refractivity contribution in [3.8, 4) is 0 Å². The lowest BCUT2D eigenvalue weighted by molar-refractivity contribution is -0.172. The molecule has 4 heteroatoms. The number of Topliss-reactive ketones (excluding diaryl/α,β-unsaturated/α-hetero) is 1. The molecule has 1 atom stereocenters. The van der Waals surface area contributed by atoms with Crippen molar-refractivity contribution in [3.63, 3.8) is 0 Å². The van der Waals surface area contributed by atoms with Crippen LogP contribution in [0.25, 0.3) is 0 Å². The number of carbonyl (C=O) groups excluding carboxylic acids is 1. The van der Waals surface area contributed by atoms with Crippen LogP contribution >= 0.6 is 0 Å². The molecular weight excluding hydrogens is 289 g/mol. The summed E-state index contributed by atoms with van der Waals surface area (Å²) in [5, 5.41) is 0. The van der Waals surface area contributed by atoms with E-state index in [1.807, 2.05) is 36.4 Å². The molecule has 1 unspecified atom stereocenters. The lowest BCUT2D eigenvalue weighted by Gasteiger charge is -2.19. The summed E-state index contributed by atoms with van der Waals surface area (Å²) in [6, 6.07) is 14.4. The predicted octanol–water partition coefficient (Wildman–Crippen LogP) is 4.24. The normalized spacial score (nSPS) is 17.9. The molecule has 0 fully saturated rings. The molecule has 4 aliphatic carbocycles. The molecule has 0 amide bonds. The Labute approximate surface area is 126 Å². The van der Waals surface area contributed by atoms with E-state index >= 15 is 0 Å². The van der Waals surface area contributed by atoms with Crippen LogP contribution in [0.15, 0.2) is 48.5 Å². The molecule has 0 N–H and O–H groups in total. The highest BCUT2D eigenvalue weighted by Gasteiger charge is 2.43. The summed E-state index contributed by atoms with van der Waals surface area (Å²) < 4.78 is 38.7. The SMILES string of the molecule is O=C(C1Cc2ccc(cc2)CCc2ccc1cc2)C(F)(F)F. The largest absolute Gasteiger partial charge is 0.450 e. The van der Waals surface area contributed by atoms with Gasteiger partial charge in [-0.15, -0.1) is 0 Å². The lowest BCUT2D eigenvalue weighted by atomic mass is 9.86. The van der Waals surface area contributed by atoms with Gasteiger partial charge in [0.2, 0.25) is 5.78 Å². The highest BCUT2D eigenvalue weighted by atomic mass is 19.4. The zero-order valence-corrected chi connectivity index (χ0v) is 11.9. The quantitative estimate of drug-likeness (QED) is 0.770. The fraction of sp³-hybridized carbons (Fsp3) is 0.278. The van der Waals surface area contributed by atoms with Gasteiger partial charge in [0.25, 0.3) is 0 Å². The highest BCUT2D eigenvalue weighted by molar-refractivity contribution is 5.90. The average molecular weight is 304 g/mol. The van der Waals surface area contributed by atoms with Gasteiger partial charge in [0.15, 0.2) is 0 Å². The first-order chi connectivity index (χ1) is 10.4. The van der Waals surface area contributed by atoms with E-state index in [1.165, 1.54) is 0 Å². The Morgan fingerprint density at radius 1 is 0.818 bits per heavy atom. The third-order valence-electron chi connectivity index (χ3n) is 4.14. The van der Waals surface area contributed by atoms with Crippen molar-refractivity contribution < 1.29 is 18.0 Å². The van der Waals surface area contributed by atoms with Gasteiger partial charge in [-0.25, -0.2) is 0 Å². The molecule has 4 aliphatic rings. The first kappa shape index (κ1) is 14.8. The smallest absolute Gasteiger partial charge is 0.289 e. The summed E-state index contributed by atoms with van der Waals surface area (Å²) in [6.45, 7) is 0. The number of halogens is 3. The van der Waals surface area contributed by atoms with Crippen LogP contribution in [0.3, 0.4) is 0 Å². The van der Waals surface area contributed by atoms with Crippen molar-refractivity contribution in [2.24, 2.45) is 0 Å². The molecule has 0 aliphatic heterocycles. The number of alkyl halides is 3. The molecule has 0 saturated carbocycles. The Morgan fingerprint density at radius 2 is 1.27 bits per heavy atom. The van der Waals surface area contributed by atoms with Gasteiger partial charge < -0.3 is 0 Å². The lowest BCUT2D eigenvalue weighted by Crippen LogP contribution is -2.30. The van der Waals surface area contributed by atoms with E-state index in [4.69, 9.17) is 0 Å². The second-order valence-corrected chi connectivity index (χ2v) is 5.68. The van der Waals surface area contributed by atoms with E-state index in [2.05, 4.69) is 0 Å². The van der Waals surface area contributed by atoms with Crippen molar-refractivity contribution in [1.82, 2.24) is 0 Å². The van der Waals surface area contributed by atoms with Crippen LogP contribution in [0.2, 0.25) is 0 Å². The summed E-state index contributed by atoms with van der Waals surface area (Å²) in [7, 11) is 0. The summed E-state index contributed by atoms with van der Waals surface area (Å²) in [6.07, 6.45) is -3.03. The number of ketones is 1. The topological polar surface area (TPSA) is 17.1 Å².